The van der Waals surface area contributed by atoms with Gasteiger partial charge in [-0.1, -0.05) is 41.0 Å². The summed E-state index contributed by atoms with van der Waals surface area (Å²) in [5.41, 5.74) is 0. The first-order chi connectivity index (χ1) is 9.13. The molecule has 0 atom stereocenters. The van der Waals surface area contributed by atoms with Crippen LogP contribution in [0.3, 0.4) is 0 Å². The highest BCUT2D eigenvalue weighted by Crippen LogP contribution is 2.34. The molecular weight excluding hydrogens is 305 g/mol. The monoisotopic (exact) mass is 315 g/mol. The lowest BCUT2D eigenvalue weighted by Gasteiger charge is -2.09. The lowest BCUT2D eigenvalue weighted by molar-refractivity contribution is 0.456. The van der Waals surface area contributed by atoms with Crippen LogP contribution in [0.5, 0.6) is 11.6 Å². The fraction of sp³-hybridized carbons (Fsp3) is 0.167. The van der Waals surface area contributed by atoms with E-state index < -0.39 is 0 Å². The molecule has 4 nitrogen and oxygen atoms in total. The largest absolute Gasteiger partial charge is 0.437 e. The third-order valence-corrected chi connectivity index (χ3v) is 3.60. The highest BCUT2D eigenvalue weighted by molar-refractivity contribution is 7.98. The van der Waals surface area contributed by atoms with E-state index in [1.807, 2.05) is 6.26 Å². The summed E-state index contributed by atoms with van der Waals surface area (Å²) >= 11 is 13.4. The minimum atomic E-state index is 0.361. The molecule has 0 spiro atoms. The van der Waals surface area contributed by atoms with Crippen molar-refractivity contribution in [2.75, 3.05) is 18.6 Å². The van der Waals surface area contributed by atoms with Crippen molar-refractivity contribution < 1.29 is 4.74 Å². The van der Waals surface area contributed by atoms with Crippen molar-refractivity contribution in [3.63, 3.8) is 0 Å². The Morgan fingerprint density at radius 1 is 1.26 bits per heavy atom. The van der Waals surface area contributed by atoms with E-state index in [9.17, 15) is 0 Å². The summed E-state index contributed by atoms with van der Waals surface area (Å²) in [6, 6.07) is 6.88. The number of rotatable bonds is 4. The maximum atomic E-state index is 6.07. The number of ether oxygens (including phenoxy) is 1. The highest BCUT2D eigenvalue weighted by atomic mass is 35.5. The number of thioether (sulfide) groups is 1. The number of anilines is 1. The van der Waals surface area contributed by atoms with Gasteiger partial charge < -0.3 is 10.1 Å². The van der Waals surface area contributed by atoms with Gasteiger partial charge in [-0.2, -0.15) is 4.98 Å². The first kappa shape index (κ1) is 14.2. The summed E-state index contributed by atoms with van der Waals surface area (Å²) in [6.07, 6.45) is 1.89. The predicted molar refractivity (Wildman–Crippen MR) is 79.9 cm³/mol. The summed E-state index contributed by atoms with van der Waals surface area (Å²) in [4.78, 5) is 8.51. The summed E-state index contributed by atoms with van der Waals surface area (Å²) in [5, 5.41) is 4.36. The van der Waals surface area contributed by atoms with E-state index in [4.69, 9.17) is 27.9 Å². The Kier molecular flexibility index (Phi) is 4.74. The van der Waals surface area contributed by atoms with Gasteiger partial charge >= 0.3 is 0 Å². The van der Waals surface area contributed by atoms with E-state index in [-0.39, 0.29) is 0 Å². The smallest absolute Gasteiger partial charge is 0.225 e. The molecule has 2 rings (SSSR count). The van der Waals surface area contributed by atoms with Crippen LogP contribution < -0.4 is 10.1 Å². The molecule has 1 N–H and O–H groups in total. The van der Waals surface area contributed by atoms with Crippen molar-refractivity contribution in [3.8, 4) is 11.6 Å². The lowest BCUT2D eigenvalue weighted by Crippen LogP contribution is -1.98. The molecule has 0 aliphatic heterocycles. The Morgan fingerprint density at radius 3 is 2.74 bits per heavy atom. The number of halogens is 2. The molecule has 0 bridgehead atoms. The number of nitrogens with one attached hydrogen (secondary N) is 1. The highest BCUT2D eigenvalue weighted by Gasteiger charge is 2.09. The molecule has 1 heterocycles. The van der Waals surface area contributed by atoms with Crippen LogP contribution in [0.2, 0.25) is 10.0 Å². The van der Waals surface area contributed by atoms with Gasteiger partial charge in [0.25, 0.3) is 0 Å². The van der Waals surface area contributed by atoms with E-state index in [0.717, 1.165) is 0 Å². The van der Waals surface area contributed by atoms with Crippen LogP contribution >= 0.6 is 35.0 Å². The molecule has 1 aromatic heterocycles. The van der Waals surface area contributed by atoms with E-state index >= 15 is 0 Å². The zero-order chi connectivity index (χ0) is 13.8. The van der Waals surface area contributed by atoms with E-state index in [1.165, 1.54) is 11.8 Å². The zero-order valence-electron chi connectivity index (χ0n) is 10.3. The number of aromatic nitrogens is 2. The van der Waals surface area contributed by atoms with Gasteiger partial charge in [0.1, 0.15) is 16.6 Å². The molecule has 100 valence electrons. The van der Waals surface area contributed by atoms with E-state index in [0.29, 0.717) is 32.6 Å². The molecule has 0 fully saturated rings. The van der Waals surface area contributed by atoms with Crippen molar-refractivity contribution in [1.82, 2.24) is 9.97 Å². The molecule has 0 aliphatic carbocycles. The predicted octanol–water partition coefficient (Wildman–Crippen LogP) is 4.34. The fourth-order valence-electron chi connectivity index (χ4n) is 1.35. The molecular formula is C12H11Cl2N3OS. The van der Waals surface area contributed by atoms with E-state index in [1.54, 1.807) is 31.3 Å². The van der Waals surface area contributed by atoms with Crippen molar-refractivity contribution in [2.24, 2.45) is 0 Å². The third-order valence-electron chi connectivity index (χ3n) is 2.25. The van der Waals surface area contributed by atoms with Crippen molar-refractivity contribution in [2.45, 2.75) is 5.16 Å². The standard InChI is InChI=1S/C12H11Cl2N3OS/c1-15-9-6-10(17-12(16-9)19-2)18-8-5-3-4-7(13)11(8)14/h3-6H,1-2H3,(H,15,16,17). The van der Waals surface area contributed by atoms with Gasteiger partial charge in [0.2, 0.25) is 5.88 Å². The van der Waals surface area contributed by atoms with Crippen molar-refractivity contribution >= 4 is 40.8 Å². The Morgan fingerprint density at radius 2 is 2.05 bits per heavy atom. The lowest BCUT2D eigenvalue weighted by atomic mass is 10.3. The van der Waals surface area contributed by atoms with Crippen LogP contribution in [0.4, 0.5) is 5.82 Å². The second kappa shape index (κ2) is 6.32. The SMILES string of the molecule is CNc1cc(Oc2cccc(Cl)c2Cl)nc(SC)n1. The van der Waals surface area contributed by atoms with E-state index in [2.05, 4.69) is 15.3 Å². The van der Waals surface area contributed by atoms with Crippen LogP contribution in [0.25, 0.3) is 0 Å². The normalized spacial score (nSPS) is 10.3. The second-order valence-corrected chi connectivity index (χ2v) is 5.04. The summed E-state index contributed by atoms with van der Waals surface area (Å²) in [7, 11) is 1.78. The summed E-state index contributed by atoms with van der Waals surface area (Å²) < 4.78 is 5.65. The quantitative estimate of drug-likeness (QED) is 0.671. The molecule has 7 heteroatoms. The van der Waals surface area contributed by atoms with Crippen molar-refractivity contribution in [3.05, 3.63) is 34.3 Å². The number of hydrogen-bond acceptors (Lipinski definition) is 5. The minimum Gasteiger partial charge on any atom is -0.437 e. The van der Waals surface area contributed by atoms with Gasteiger partial charge in [0, 0.05) is 13.1 Å². The number of hydrogen-bond donors (Lipinski definition) is 1. The van der Waals surface area contributed by atoms with Crippen LogP contribution in [0, 0.1) is 0 Å². The first-order valence-electron chi connectivity index (χ1n) is 5.36. The molecule has 19 heavy (non-hydrogen) atoms. The van der Waals surface area contributed by atoms with Crippen LogP contribution in [-0.4, -0.2) is 23.3 Å². The maximum Gasteiger partial charge on any atom is 0.225 e. The average Bonchev–Trinajstić information content (AvgIpc) is 2.43. The third kappa shape index (κ3) is 3.43. The Balaban J connectivity index is 2.34. The summed E-state index contributed by atoms with van der Waals surface area (Å²) in [6.45, 7) is 0. The van der Waals surface area contributed by atoms with Crippen LogP contribution in [0.1, 0.15) is 0 Å². The van der Waals surface area contributed by atoms with Gasteiger partial charge in [-0.15, -0.1) is 0 Å². The summed E-state index contributed by atoms with van der Waals surface area (Å²) in [5.74, 6) is 1.54. The van der Waals surface area contributed by atoms with Gasteiger partial charge in [-0.05, 0) is 18.4 Å². The fourth-order valence-corrected chi connectivity index (χ4v) is 2.05. The zero-order valence-corrected chi connectivity index (χ0v) is 12.6. The van der Waals surface area contributed by atoms with Gasteiger partial charge in [-0.25, -0.2) is 4.98 Å². The molecule has 0 saturated carbocycles. The molecule has 0 radical (unpaired) electrons. The maximum absolute atomic E-state index is 6.07. The minimum absolute atomic E-state index is 0.361. The molecule has 1 aromatic carbocycles. The Labute approximate surface area is 125 Å². The topological polar surface area (TPSA) is 47.0 Å². The van der Waals surface area contributed by atoms with Crippen LogP contribution in [0.15, 0.2) is 29.4 Å². The molecule has 0 amide bonds. The Hall–Kier alpha value is -1.17. The second-order valence-electron chi connectivity index (χ2n) is 3.48. The van der Waals surface area contributed by atoms with Crippen molar-refractivity contribution in [1.29, 1.82) is 0 Å². The Bertz CT molecular complexity index is 573. The first-order valence-corrected chi connectivity index (χ1v) is 7.35. The molecule has 0 unspecified atom stereocenters. The number of benzene rings is 1. The average molecular weight is 316 g/mol. The number of nitrogens with zero attached hydrogens (tertiary/aromatic N) is 2. The molecule has 0 saturated heterocycles. The van der Waals surface area contributed by atoms with Crippen LogP contribution in [-0.2, 0) is 0 Å². The molecule has 2 aromatic rings. The van der Waals surface area contributed by atoms with Gasteiger partial charge in [0.15, 0.2) is 5.16 Å². The molecule has 0 aliphatic rings. The van der Waals surface area contributed by atoms with Gasteiger partial charge in [-0.3, -0.25) is 0 Å². The van der Waals surface area contributed by atoms with Gasteiger partial charge in [0.05, 0.1) is 5.02 Å².